The molecule has 110 valence electrons. The minimum atomic E-state index is -3.60. The number of carbonyl (C=O) groups excluding carboxylic acids is 1. The second kappa shape index (κ2) is 6.23. The molecule has 0 aromatic heterocycles. The fourth-order valence-electron chi connectivity index (χ4n) is 2.21. The standard InChI is InChI=1S/C13H19N3O3S/c1-14-13(17)11-7-3-4-8-12(11)15-20(18,19)16-9-5-2-6-10-16/h3-4,7-8,15H,2,5-6,9-10H2,1H3,(H,14,17). The van der Waals surface area contributed by atoms with Crippen LogP contribution in [0.3, 0.4) is 0 Å². The van der Waals surface area contributed by atoms with Crippen molar-refractivity contribution in [2.24, 2.45) is 0 Å². The molecule has 2 rings (SSSR count). The second-order valence-electron chi connectivity index (χ2n) is 4.69. The number of benzene rings is 1. The van der Waals surface area contributed by atoms with E-state index in [0.717, 1.165) is 19.3 Å². The van der Waals surface area contributed by atoms with Crippen LogP contribution in [0.1, 0.15) is 29.6 Å². The molecule has 0 bridgehead atoms. The Kier molecular flexibility index (Phi) is 4.61. The summed E-state index contributed by atoms with van der Waals surface area (Å²) < 4.78 is 28.5. The lowest BCUT2D eigenvalue weighted by molar-refractivity contribution is 0.0964. The Labute approximate surface area is 119 Å². The van der Waals surface area contributed by atoms with Gasteiger partial charge in [0.1, 0.15) is 0 Å². The van der Waals surface area contributed by atoms with Crippen molar-refractivity contribution in [2.45, 2.75) is 19.3 Å². The highest BCUT2D eigenvalue weighted by molar-refractivity contribution is 7.90. The van der Waals surface area contributed by atoms with Crippen LogP contribution < -0.4 is 10.0 Å². The quantitative estimate of drug-likeness (QED) is 0.876. The van der Waals surface area contributed by atoms with E-state index in [-0.39, 0.29) is 5.91 Å². The molecular weight excluding hydrogens is 278 g/mol. The molecule has 0 saturated carbocycles. The molecule has 1 aliphatic rings. The van der Waals surface area contributed by atoms with E-state index >= 15 is 0 Å². The Morgan fingerprint density at radius 1 is 1.15 bits per heavy atom. The van der Waals surface area contributed by atoms with Gasteiger partial charge in [-0.2, -0.15) is 12.7 Å². The third kappa shape index (κ3) is 3.29. The Balaban J connectivity index is 2.23. The zero-order chi connectivity index (χ0) is 14.6. The molecule has 1 heterocycles. The van der Waals surface area contributed by atoms with Crippen molar-refractivity contribution in [1.29, 1.82) is 0 Å². The van der Waals surface area contributed by atoms with E-state index in [9.17, 15) is 13.2 Å². The Bertz CT molecular complexity index is 580. The molecule has 20 heavy (non-hydrogen) atoms. The number of hydrogen-bond acceptors (Lipinski definition) is 3. The van der Waals surface area contributed by atoms with Crippen LogP contribution in [0.15, 0.2) is 24.3 Å². The lowest BCUT2D eigenvalue weighted by atomic mass is 10.2. The predicted molar refractivity (Wildman–Crippen MR) is 77.8 cm³/mol. The van der Waals surface area contributed by atoms with Gasteiger partial charge < -0.3 is 5.32 Å². The SMILES string of the molecule is CNC(=O)c1ccccc1NS(=O)(=O)N1CCCCC1. The van der Waals surface area contributed by atoms with Crippen LogP contribution >= 0.6 is 0 Å². The van der Waals surface area contributed by atoms with Gasteiger partial charge in [-0.3, -0.25) is 9.52 Å². The number of nitrogens with zero attached hydrogens (tertiary/aromatic N) is 1. The van der Waals surface area contributed by atoms with Crippen LogP contribution in [0.4, 0.5) is 5.69 Å². The van der Waals surface area contributed by atoms with Crippen LogP contribution in [0.5, 0.6) is 0 Å². The van der Waals surface area contributed by atoms with Crippen LogP contribution in [-0.2, 0) is 10.2 Å². The molecule has 0 radical (unpaired) electrons. The maximum absolute atomic E-state index is 12.3. The number of para-hydroxylation sites is 1. The summed E-state index contributed by atoms with van der Waals surface area (Å²) in [5.41, 5.74) is 0.619. The van der Waals surface area contributed by atoms with Gasteiger partial charge in [0.25, 0.3) is 5.91 Å². The van der Waals surface area contributed by atoms with Crippen molar-refractivity contribution in [1.82, 2.24) is 9.62 Å². The van der Waals surface area contributed by atoms with E-state index in [0.29, 0.717) is 24.3 Å². The first-order valence-corrected chi connectivity index (χ1v) is 8.07. The van der Waals surface area contributed by atoms with E-state index in [1.165, 1.54) is 11.4 Å². The van der Waals surface area contributed by atoms with Crippen molar-refractivity contribution in [3.05, 3.63) is 29.8 Å². The second-order valence-corrected chi connectivity index (χ2v) is 6.36. The highest BCUT2D eigenvalue weighted by atomic mass is 32.2. The molecule has 0 atom stereocenters. The van der Waals surface area contributed by atoms with Crippen LogP contribution in [0, 0.1) is 0 Å². The molecule has 1 aromatic carbocycles. The summed E-state index contributed by atoms with van der Waals surface area (Å²) in [6.45, 7) is 1.05. The van der Waals surface area contributed by atoms with E-state index in [4.69, 9.17) is 0 Å². The fourth-order valence-corrected chi connectivity index (χ4v) is 3.54. The summed E-state index contributed by atoms with van der Waals surface area (Å²) in [5, 5.41) is 2.50. The van der Waals surface area contributed by atoms with Crippen LogP contribution in [0.2, 0.25) is 0 Å². The largest absolute Gasteiger partial charge is 0.355 e. The average molecular weight is 297 g/mol. The van der Waals surface area contributed by atoms with Crippen molar-refractivity contribution >= 4 is 21.8 Å². The number of rotatable bonds is 4. The van der Waals surface area contributed by atoms with Crippen molar-refractivity contribution in [3.63, 3.8) is 0 Å². The summed E-state index contributed by atoms with van der Waals surface area (Å²) in [6, 6.07) is 6.57. The molecule has 6 nitrogen and oxygen atoms in total. The third-order valence-electron chi connectivity index (χ3n) is 3.29. The Morgan fingerprint density at radius 2 is 1.80 bits per heavy atom. The number of piperidine rings is 1. The average Bonchev–Trinajstić information content (AvgIpc) is 2.47. The first-order valence-electron chi connectivity index (χ1n) is 6.63. The van der Waals surface area contributed by atoms with E-state index in [1.54, 1.807) is 24.3 Å². The lowest BCUT2D eigenvalue weighted by Crippen LogP contribution is -2.39. The summed E-state index contributed by atoms with van der Waals surface area (Å²) in [6.07, 6.45) is 2.80. The molecular formula is C13H19N3O3S. The van der Waals surface area contributed by atoms with Gasteiger partial charge in [0.05, 0.1) is 11.3 Å². The van der Waals surface area contributed by atoms with E-state index < -0.39 is 10.2 Å². The maximum atomic E-state index is 12.3. The number of anilines is 1. The topological polar surface area (TPSA) is 78.5 Å². The Hall–Kier alpha value is -1.60. The number of carbonyl (C=O) groups is 1. The molecule has 1 fully saturated rings. The Morgan fingerprint density at radius 3 is 2.45 bits per heavy atom. The smallest absolute Gasteiger partial charge is 0.301 e. The van der Waals surface area contributed by atoms with Gasteiger partial charge in [-0.1, -0.05) is 18.6 Å². The number of hydrogen-bond donors (Lipinski definition) is 2. The zero-order valence-corrected chi connectivity index (χ0v) is 12.2. The first kappa shape index (κ1) is 14.8. The van der Waals surface area contributed by atoms with Crippen LogP contribution in [-0.4, -0.2) is 38.8 Å². The zero-order valence-electron chi connectivity index (χ0n) is 11.4. The van der Waals surface area contributed by atoms with Crippen molar-refractivity contribution in [3.8, 4) is 0 Å². The summed E-state index contributed by atoms with van der Waals surface area (Å²) in [5.74, 6) is -0.318. The molecule has 0 spiro atoms. The molecule has 0 unspecified atom stereocenters. The van der Waals surface area contributed by atoms with Gasteiger partial charge in [-0.15, -0.1) is 0 Å². The maximum Gasteiger partial charge on any atom is 0.301 e. The van der Waals surface area contributed by atoms with Gasteiger partial charge in [0.2, 0.25) is 0 Å². The molecule has 1 aromatic rings. The van der Waals surface area contributed by atoms with Gasteiger partial charge in [0.15, 0.2) is 0 Å². The normalized spacial score (nSPS) is 16.6. The number of amides is 1. The molecule has 0 aliphatic carbocycles. The number of nitrogens with one attached hydrogen (secondary N) is 2. The minimum absolute atomic E-state index is 0.303. The molecule has 7 heteroatoms. The lowest BCUT2D eigenvalue weighted by Gasteiger charge is -2.26. The van der Waals surface area contributed by atoms with Crippen LogP contribution in [0.25, 0.3) is 0 Å². The van der Waals surface area contributed by atoms with Gasteiger partial charge in [-0.25, -0.2) is 0 Å². The van der Waals surface area contributed by atoms with Gasteiger partial charge in [0, 0.05) is 20.1 Å². The van der Waals surface area contributed by atoms with Gasteiger partial charge >= 0.3 is 10.2 Å². The van der Waals surface area contributed by atoms with Crippen molar-refractivity contribution < 1.29 is 13.2 Å². The fraction of sp³-hybridized carbons (Fsp3) is 0.462. The molecule has 1 saturated heterocycles. The van der Waals surface area contributed by atoms with E-state index in [2.05, 4.69) is 10.0 Å². The summed E-state index contributed by atoms with van der Waals surface area (Å²) in [7, 11) is -2.09. The predicted octanol–water partition coefficient (Wildman–Crippen LogP) is 1.19. The summed E-state index contributed by atoms with van der Waals surface area (Å²) in [4.78, 5) is 11.7. The highest BCUT2D eigenvalue weighted by Gasteiger charge is 2.25. The first-order chi connectivity index (χ1) is 9.54. The van der Waals surface area contributed by atoms with E-state index in [1.807, 2.05) is 0 Å². The summed E-state index contributed by atoms with van der Waals surface area (Å²) >= 11 is 0. The third-order valence-corrected chi connectivity index (χ3v) is 4.82. The molecule has 2 N–H and O–H groups in total. The van der Waals surface area contributed by atoms with Gasteiger partial charge in [-0.05, 0) is 25.0 Å². The highest BCUT2D eigenvalue weighted by Crippen LogP contribution is 2.20. The van der Waals surface area contributed by atoms with Crippen molar-refractivity contribution in [2.75, 3.05) is 24.9 Å². The molecule has 1 aliphatic heterocycles. The molecule has 1 amide bonds. The minimum Gasteiger partial charge on any atom is -0.355 e. The monoisotopic (exact) mass is 297 g/mol.